The van der Waals surface area contributed by atoms with Gasteiger partial charge in [-0.15, -0.1) is 0 Å². The first-order chi connectivity index (χ1) is 39.0. The zero-order valence-electron chi connectivity index (χ0n) is 54.2. The van der Waals surface area contributed by atoms with Crippen molar-refractivity contribution in [1.29, 1.82) is 0 Å². The Labute approximate surface area is 496 Å². The molecule has 6 heteroatoms. The lowest BCUT2D eigenvalue weighted by Crippen LogP contribution is -2.45. The molecule has 0 radical (unpaired) electrons. The van der Waals surface area contributed by atoms with Crippen molar-refractivity contribution >= 4 is 11.9 Å². The molecule has 0 saturated carbocycles. The van der Waals surface area contributed by atoms with E-state index in [1.165, 1.54) is 360 Å². The quantitative estimate of drug-likeness (QED) is 0.0417. The summed E-state index contributed by atoms with van der Waals surface area (Å²) in [6.07, 6.45) is 84.6. The fourth-order valence-corrected chi connectivity index (χ4v) is 12.1. The molecule has 0 rings (SSSR count). The standard InChI is InChI=1S/C73H145NO5/c1-3-5-7-9-11-13-15-16-17-18-19-33-36-39-42-46-49-53-57-61-65-71(76)70(69-75)74-72(77)66-62-58-54-50-47-43-40-37-34-31-29-27-25-23-21-20-22-24-26-28-30-32-35-38-41-44-48-52-56-60-64-68-79-73(78)67-63-59-55-51-45-14-12-10-8-6-4-2/h70-71,75-76H,3-69H2,1-2H3,(H,74,77). The molecule has 0 aliphatic carbocycles. The molecule has 6 nitrogen and oxygen atoms in total. The van der Waals surface area contributed by atoms with E-state index in [0.717, 1.165) is 38.5 Å². The van der Waals surface area contributed by atoms with Crippen molar-refractivity contribution in [3.8, 4) is 0 Å². The van der Waals surface area contributed by atoms with E-state index < -0.39 is 12.1 Å². The highest BCUT2D eigenvalue weighted by atomic mass is 16.5. The number of esters is 1. The number of unbranched alkanes of at least 4 members (excludes halogenated alkanes) is 59. The lowest BCUT2D eigenvalue weighted by Gasteiger charge is -2.22. The molecule has 0 heterocycles. The average Bonchev–Trinajstić information content (AvgIpc) is 3.45. The van der Waals surface area contributed by atoms with Crippen molar-refractivity contribution in [2.24, 2.45) is 0 Å². The molecule has 0 spiro atoms. The van der Waals surface area contributed by atoms with Gasteiger partial charge < -0.3 is 20.3 Å². The smallest absolute Gasteiger partial charge is 0.305 e. The summed E-state index contributed by atoms with van der Waals surface area (Å²) in [5.41, 5.74) is 0. The predicted molar refractivity (Wildman–Crippen MR) is 347 cm³/mol. The van der Waals surface area contributed by atoms with Gasteiger partial charge in [-0.3, -0.25) is 9.59 Å². The van der Waals surface area contributed by atoms with Gasteiger partial charge in [0, 0.05) is 12.8 Å². The van der Waals surface area contributed by atoms with Gasteiger partial charge in [0.2, 0.25) is 5.91 Å². The van der Waals surface area contributed by atoms with Crippen LogP contribution < -0.4 is 5.32 Å². The summed E-state index contributed by atoms with van der Waals surface area (Å²) in [6.45, 7) is 5.00. The molecule has 0 fully saturated rings. The van der Waals surface area contributed by atoms with Gasteiger partial charge in [0.25, 0.3) is 0 Å². The van der Waals surface area contributed by atoms with E-state index in [0.29, 0.717) is 25.9 Å². The Balaban J connectivity index is 3.32. The molecule has 0 aromatic heterocycles. The Hall–Kier alpha value is -1.14. The Morgan fingerprint density at radius 2 is 0.519 bits per heavy atom. The van der Waals surface area contributed by atoms with Gasteiger partial charge >= 0.3 is 5.97 Å². The molecular formula is C73H145NO5. The maximum absolute atomic E-state index is 12.5. The van der Waals surface area contributed by atoms with Crippen LogP contribution in [0.15, 0.2) is 0 Å². The number of hydrogen-bond donors (Lipinski definition) is 3. The third-order valence-corrected chi connectivity index (χ3v) is 17.7. The third-order valence-electron chi connectivity index (χ3n) is 17.7. The molecule has 2 unspecified atom stereocenters. The molecule has 3 N–H and O–H groups in total. The van der Waals surface area contributed by atoms with Gasteiger partial charge in [-0.2, -0.15) is 0 Å². The van der Waals surface area contributed by atoms with E-state index in [-0.39, 0.29) is 18.5 Å². The molecule has 0 aromatic carbocycles. The Kier molecular flexibility index (Phi) is 68.4. The highest BCUT2D eigenvalue weighted by Gasteiger charge is 2.20. The van der Waals surface area contributed by atoms with Crippen molar-refractivity contribution in [1.82, 2.24) is 5.32 Å². The number of carbonyl (C=O) groups is 2. The Morgan fingerprint density at radius 1 is 0.304 bits per heavy atom. The number of hydrogen-bond acceptors (Lipinski definition) is 5. The fraction of sp³-hybridized carbons (Fsp3) is 0.973. The number of amides is 1. The molecule has 79 heavy (non-hydrogen) atoms. The number of ether oxygens (including phenoxy) is 1. The van der Waals surface area contributed by atoms with Crippen LogP contribution in [0.3, 0.4) is 0 Å². The molecular weight excluding hydrogens is 971 g/mol. The highest BCUT2D eigenvalue weighted by molar-refractivity contribution is 5.76. The molecule has 0 saturated heterocycles. The SMILES string of the molecule is CCCCCCCCCCCCCCCCCCCCCCC(O)C(CO)NC(=O)CCCCCCCCCCCCCCCCCCCCCCCCCCCCCCCCCOC(=O)CCCCCCCCCCCCC. The Bertz CT molecular complexity index is 1150. The average molecular weight is 1120 g/mol. The van der Waals surface area contributed by atoms with Crippen LogP contribution in [0, 0.1) is 0 Å². The van der Waals surface area contributed by atoms with Crippen LogP contribution in [-0.4, -0.2) is 47.4 Å². The molecule has 0 aromatic rings. The van der Waals surface area contributed by atoms with Gasteiger partial charge in [-0.25, -0.2) is 0 Å². The van der Waals surface area contributed by atoms with Gasteiger partial charge in [-0.1, -0.05) is 393 Å². The van der Waals surface area contributed by atoms with Gasteiger partial charge in [-0.05, 0) is 25.7 Å². The summed E-state index contributed by atoms with van der Waals surface area (Å²) >= 11 is 0. The second-order valence-corrected chi connectivity index (χ2v) is 25.6. The number of aliphatic hydroxyl groups excluding tert-OH is 2. The first kappa shape index (κ1) is 77.9. The molecule has 0 aliphatic rings. The highest BCUT2D eigenvalue weighted by Crippen LogP contribution is 2.20. The second kappa shape index (κ2) is 69.4. The lowest BCUT2D eigenvalue weighted by atomic mass is 10.0. The molecule has 472 valence electrons. The van der Waals surface area contributed by atoms with Crippen LogP contribution in [0.5, 0.6) is 0 Å². The number of rotatable bonds is 70. The van der Waals surface area contributed by atoms with E-state index in [4.69, 9.17) is 4.74 Å². The number of carbonyl (C=O) groups excluding carboxylic acids is 2. The first-order valence-corrected chi connectivity index (χ1v) is 36.8. The largest absolute Gasteiger partial charge is 0.466 e. The number of nitrogens with one attached hydrogen (secondary N) is 1. The zero-order valence-corrected chi connectivity index (χ0v) is 54.2. The molecule has 0 bridgehead atoms. The summed E-state index contributed by atoms with van der Waals surface area (Å²) in [6, 6.07) is -0.538. The minimum atomic E-state index is -0.661. The topological polar surface area (TPSA) is 95.9 Å². The van der Waals surface area contributed by atoms with Crippen LogP contribution in [0.4, 0.5) is 0 Å². The van der Waals surface area contributed by atoms with Crippen LogP contribution in [0.1, 0.15) is 431 Å². The van der Waals surface area contributed by atoms with Crippen molar-refractivity contribution in [3.63, 3.8) is 0 Å². The van der Waals surface area contributed by atoms with Crippen molar-refractivity contribution < 1.29 is 24.5 Å². The van der Waals surface area contributed by atoms with E-state index in [1.807, 2.05) is 0 Å². The normalized spacial score (nSPS) is 12.4. The minimum absolute atomic E-state index is 0.0216. The van der Waals surface area contributed by atoms with Crippen molar-refractivity contribution in [2.75, 3.05) is 13.2 Å². The van der Waals surface area contributed by atoms with E-state index in [9.17, 15) is 19.8 Å². The van der Waals surface area contributed by atoms with E-state index in [2.05, 4.69) is 19.2 Å². The summed E-state index contributed by atoms with van der Waals surface area (Å²) in [4.78, 5) is 24.6. The van der Waals surface area contributed by atoms with Gasteiger partial charge in [0.1, 0.15) is 0 Å². The first-order valence-electron chi connectivity index (χ1n) is 36.8. The maximum Gasteiger partial charge on any atom is 0.305 e. The lowest BCUT2D eigenvalue weighted by molar-refractivity contribution is -0.143. The fourth-order valence-electron chi connectivity index (χ4n) is 12.1. The molecule has 2 atom stereocenters. The minimum Gasteiger partial charge on any atom is -0.466 e. The Morgan fingerprint density at radius 3 is 0.772 bits per heavy atom. The second-order valence-electron chi connectivity index (χ2n) is 25.6. The van der Waals surface area contributed by atoms with Crippen LogP contribution in [0.2, 0.25) is 0 Å². The van der Waals surface area contributed by atoms with Crippen molar-refractivity contribution in [2.45, 2.75) is 443 Å². The van der Waals surface area contributed by atoms with Crippen molar-refractivity contribution in [3.05, 3.63) is 0 Å². The van der Waals surface area contributed by atoms with Crippen LogP contribution >= 0.6 is 0 Å². The predicted octanol–water partition coefficient (Wildman–Crippen LogP) is 23.8. The summed E-state index contributed by atoms with van der Waals surface area (Å²) < 4.78 is 5.48. The molecule has 1 amide bonds. The maximum atomic E-state index is 12.5. The van der Waals surface area contributed by atoms with Gasteiger partial charge in [0.05, 0.1) is 25.4 Å². The van der Waals surface area contributed by atoms with Gasteiger partial charge in [0.15, 0.2) is 0 Å². The third kappa shape index (κ3) is 65.9. The number of aliphatic hydroxyl groups is 2. The van der Waals surface area contributed by atoms with E-state index >= 15 is 0 Å². The zero-order chi connectivity index (χ0) is 57.1. The summed E-state index contributed by atoms with van der Waals surface area (Å²) in [5, 5.41) is 23.4. The van der Waals surface area contributed by atoms with Crippen LogP contribution in [0.25, 0.3) is 0 Å². The van der Waals surface area contributed by atoms with Crippen LogP contribution in [-0.2, 0) is 14.3 Å². The molecule has 0 aliphatic heterocycles. The monoisotopic (exact) mass is 1120 g/mol. The van der Waals surface area contributed by atoms with E-state index in [1.54, 1.807) is 0 Å². The summed E-state index contributed by atoms with van der Waals surface area (Å²) in [7, 11) is 0. The summed E-state index contributed by atoms with van der Waals surface area (Å²) in [5.74, 6) is -0.00367.